The molecular formula is C12H21NO4. The normalized spacial score (nSPS) is 28.1. The van der Waals surface area contributed by atoms with Crippen molar-refractivity contribution in [2.24, 2.45) is 5.92 Å². The van der Waals surface area contributed by atoms with Gasteiger partial charge in [-0.15, -0.1) is 0 Å². The van der Waals surface area contributed by atoms with Crippen LogP contribution in [0.4, 0.5) is 4.79 Å². The molecule has 5 heteroatoms. The minimum Gasteiger partial charge on any atom is -0.444 e. The minimum atomic E-state index is -0.505. The summed E-state index contributed by atoms with van der Waals surface area (Å²) in [6.45, 7) is 5.81. The first kappa shape index (κ1) is 14.0. The highest BCUT2D eigenvalue weighted by Gasteiger charge is 2.44. The van der Waals surface area contributed by atoms with Crippen molar-refractivity contribution in [2.75, 3.05) is 13.7 Å². The van der Waals surface area contributed by atoms with Gasteiger partial charge in [0, 0.05) is 19.6 Å². The van der Waals surface area contributed by atoms with E-state index in [0.29, 0.717) is 19.4 Å². The quantitative estimate of drug-likeness (QED) is 0.760. The van der Waals surface area contributed by atoms with Crippen LogP contribution in [-0.4, -0.2) is 37.2 Å². The molecule has 0 radical (unpaired) electrons. The highest BCUT2D eigenvalue weighted by Crippen LogP contribution is 2.38. The maximum Gasteiger partial charge on any atom is 0.407 e. The summed E-state index contributed by atoms with van der Waals surface area (Å²) in [5.74, 6) is 0.0513. The third kappa shape index (κ3) is 4.00. The highest BCUT2D eigenvalue weighted by atomic mass is 16.6. The Bertz CT molecular complexity index is 289. The summed E-state index contributed by atoms with van der Waals surface area (Å²) in [6, 6.07) is 0. The maximum absolute atomic E-state index is 11.5. The zero-order valence-electron chi connectivity index (χ0n) is 10.9. The number of carbonyl (C=O) groups excluding carboxylic acids is 2. The van der Waals surface area contributed by atoms with Gasteiger partial charge in [-0.1, -0.05) is 0 Å². The Morgan fingerprint density at radius 1 is 1.47 bits per heavy atom. The van der Waals surface area contributed by atoms with Gasteiger partial charge in [-0.2, -0.15) is 0 Å². The molecule has 5 nitrogen and oxygen atoms in total. The van der Waals surface area contributed by atoms with Gasteiger partial charge in [-0.05, 0) is 33.6 Å². The third-order valence-corrected chi connectivity index (χ3v) is 2.85. The molecule has 0 aromatic rings. The van der Waals surface area contributed by atoms with E-state index in [4.69, 9.17) is 9.47 Å². The number of aldehydes is 1. The van der Waals surface area contributed by atoms with Gasteiger partial charge in [0.2, 0.25) is 0 Å². The van der Waals surface area contributed by atoms with Crippen molar-refractivity contribution in [3.63, 3.8) is 0 Å². The van der Waals surface area contributed by atoms with Crippen molar-refractivity contribution in [1.82, 2.24) is 5.32 Å². The number of amides is 1. The van der Waals surface area contributed by atoms with Gasteiger partial charge in [0.1, 0.15) is 11.9 Å². The fourth-order valence-corrected chi connectivity index (χ4v) is 1.92. The van der Waals surface area contributed by atoms with Crippen molar-refractivity contribution < 1.29 is 19.1 Å². The molecule has 0 saturated heterocycles. The van der Waals surface area contributed by atoms with Gasteiger partial charge < -0.3 is 19.6 Å². The number of hydrogen-bond donors (Lipinski definition) is 1. The van der Waals surface area contributed by atoms with Gasteiger partial charge in [0.25, 0.3) is 0 Å². The minimum absolute atomic E-state index is 0.0513. The Morgan fingerprint density at radius 3 is 2.47 bits per heavy atom. The number of rotatable bonds is 4. The molecule has 0 aromatic heterocycles. The zero-order chi connectivity index (χ0) is 13.1. The SMILES string of the molecule is COC1(CNC(=O)OC(C)(C)C)CC(C=O)C1. The second kappa shape index (κ2) is 5.04. The Labute approximate surface area is 102 Å². The Morgan fingerprint density at radius 2 is 2.06 bits per heavy atom. The Kier molecular flexibility index (Phi) is 4.14. The molecule has 17 heavy (non-hydrogen) atoms. The molecule has 0 spiro atoms. The lowest BCUT2D eigenvalue weighted by Crippen LogP contribution is -2.54. The van der Waals surface area contributed by atoms with Crippen LogP contribution >= 0.6 is 0 Å². The van der Waals surface area contributed by atoms with Gasteiger partial charge in [0.15, 0.2) is 0 Å². The summed E-state index contributed by atoms with van der Waals surface area (Å²) >= 11 is 0. The van der Waals surface area contributed by atoms with E-state index < -0.39 is 17.3 Å². The van der Waals surface area contributed by atoms with Crippen LogP contribution in [0.25, 0.3) is 0 Å². The maximum atomic E-state index is 11.5. The zero-order valence-corrected chi connectivity index (χ0v) is 10.9. The number of carbonyl (C=O) groups is 2. The molecular weight excluding hydrogens is 222 g/mol. The van der Waals surface area contributed by atoms with E-state index in [-0.39, 0.29) is 5.92 Å². The van der Waals surface area contributed by atoms with Crippen LogP contribution < -0.4 is 5.32 Å². The number of ether oxygens (including phenoxy) is 2. The van der Waals surface area contributed by atoms with Crippen molar-refractivity contribution in [1.29, 1.82) is 0 Å². The number of methoxy groups -OCH3 is 1. The molecule has 1 N–H and O–H groups in total. The van der Waals surface area contributed by atoms with Crippen LogP contribution in [0.1, 0.15) is 33.6 Å². The molecule has 0 heterocycles. The fraction of sp³-hybridized carbons (Fsp3) is 0.833. The monoisotopic (exact) mass is 243 g/mol. The lowest BCUT2D eigenvalue weighted by Gasteiger charge is -2.44. The number of alkyl carbamates (subject to hydrolysis) is 1. The van der Waals surface area contributed by atoms with Crippen molar-refractivity contribution >= 4 is 12.4 Å². The molecule has 1 saturated carbocycles. The second-order valence-electron chi connectivity index (χ2n) is 5.55. The standard InChI is InChI=1S/C12H21NO4/c1-11(2,3)17-10(15)13-8-12(16-4)5-9(6-12)7-14/h7,9H,5-6,8H2,1-4H3,(H,13,15). The van der Waals surface area contributed by atoms with E-state index in [2.05, 4.69) is 5.32 Å². The molecule has 0 unspecified atom stereocenters. The van der Waals surface area contributed by atoms with Crippen LogP contribution in [0.5, 0.6) is 0 Å². The molecule has 1 rings (SSSR count). The number of nitrogens with one attached hydrogen (secondary N) is 1. The average molecular weight is 243 g/mol. The molecule has 0 aromatic carbocycles. The third-order valence-electron chi connectivity index (χ3n) is 2.85. The topological polar surface area (TPSA) is 64.6 Å². The highest BCUT2D eigenvalue weighted by molar-refractivity contribution is 5.68. The summed E-state index contributed by atoms with van der Waals surface area (Å²) in [5.41, 5.74) is -0.905. The second-order valence-corrected chi connectivity index (χ2v) is 5.55. The summed E-state index contributed by atoms with van der Waals surface area (Å²) < 4.78 is 10.5. The van der Waals surface area contributed by atoms with E-state index in [1.165, 1.54) is 0 Å². The van der Waals surface area contributed by atoms with Crippen LogP contribution in [0, 0.1) is 5.92 Å². The molecule has 1 aliphatic rings. The van der Waals surface area contributed by atoms with E-state index >= 15 is 0 Å². The van der Waals surface area contributed by atoms with E-state index in [1.54, 1.807) is 7.11 Å². The summed E-state index contributed by atoms with van der Waals surface area (Å²) in [5, 5.41) is 2.68. The first-order valence-electron chi connectivity index (χ1n) is 5.77. The number of hydrogen-bond acceptors (Lipinski definition) is 4. The van der Waals surface area contributed by atoms with Gasteiger partial charge in [-0.3, -0.25) is 0 Å². The molecule has 1 fully saturated rings. The fourth-order valence-electron chi connectivity index (χ4n) is 1.92. The lowest BCUT2D eigenvalue weighted by atomic mass is 9.71. The first-order valence-corrected chi connectivity index (χ1v) is 5.77. The predicted molar refractivity (Wildman–Crippen MR) is 62.8 cm³/mol. The van der Waals surface area contributed by atoms with Gasteiger partial charge in [-0.25, -0.2) is 4.79 Å². The van der Waals surface area contributed by atoms with Gasteiger partial charge >= 0.3 is 6.09 Å². The summed E-state index contributed by atoms with van der Waals surface area (Å²) in [6.07, 6.45) is 1.79. The van der Waals surface area contributed by atoms with Crippen molar-refractivity contribution in [3.8, 4) is 0 Å². The molecule has 1 amide bonds. The van der Waals surface area contributed by atoms with Crippen molar-refractivity contribution in [2.45, 2.75) is 44.8 Å². The first-order chi connectivity index (χ1) is 7.80. The van der Waals surface area contributed by atoms with Crippen molar-refractivity contribution in [3.05, 3.63) is 0 Å². The molecule has 0 atom stereocenters. The molecule has 98 valence electrons. The van der Waals surface area contributed by atoms with Crippen LogP contribution in [0.15, 0.2) is 0 Å². The molecule has 1 aliphatic carbocycles. The van der Waals surface area contributed by atoms with E-state index in [0.717, 1.165) is 6.29 Å². The van der Waals surface area contributed by atoms with Crippen LogP contribution in [0.2, 0.25) is 0 Å². The summed E-state index contributed by atoms with van der Waals surface area (Å²) in [4.78, 5) is 22.0. The van der Waals surface area contributed by atoms with Gasteiger partial charge in [0.05, 0.1) is 5.60 Å². The van der Waals surface area contributed by atoms with Crippen LogP contribution in [0.3, 0.4) is 0 Å². The Hall–Kier alpha value is -1.10. The molecule has 0 aliphatic heterocycles. The molecule has 0 bridgehead atoms. The van der Waals surface area contributed by atoms with E-state index in [1.807, 2.05) is 20.8 Å². The van der Waals surface area contributed by atoms with Crippen LogP contribution in [-0.2, 0) is 14.3 Å². The largest absolute Gasteiger partial charge is 0.444 e. The lowest BCUT2D eigenvalue weighted by molar-refractivity contribution is -0.132. The summed E-state index contributed by atoms with van der Waals surface area (Å²) in [7, 11) is 1.60. The average Bonchev–Trinajstić information content (AvgIpc) is 2.14. The smallest absolute Gasteiger partial charge is 0.407 e. The Balaban J connectivity index is 2.35. The van der Waals surface area contributed by atoms with E-state index in [9.17, 15) is 9.59 Å². The predicted octanol–water partition coefficient (Wildman–Crippen LogP) is 1.51.